The molecule has 3 aromatic carbocycles. The van der Waals surface area contributed by atoms with Crippen LogP contribution in [0.1, 0.15) is 23.6 Å². The van der Waals surface area contributed by atoms with Crippen LogP contribution in [0.4, 0.5) is 5.69 Å². The molecule has 0 N–H and O–H groups in total. The van der Waals surface area contributed by atoms with Crippen molar-refractivity contribution in [3.8, 4) is 0 Å². The van der Waals surface area contributed by atoms with Crippen LogP contribution in [0.25, 0.3) is 0 Å². The van der Waals surface area contributed by atoms with Crippen LogP contribution in [0.5, 0.6) is 0 Å². The second kappa shape index (κ2) is 6.15. The van der Waals surface area contributed by atoms with E-state index in [2.05, 4.69) is 61.5 Å². The summed E-state index contributed by atoms with van der Waals surface area (Å²) in [5.74, 6) is -0.951. The van der Waals surface area contributed by atoms with Gasteiger partial charge in [-0.1, -0.05) is 78.9 Å². The Morgan fingerprint density at radius 1 is 0.815 bits per heavy atom. The molecule has 3 heteroatoms. The maximum Gasteiger partial charge on any atom is 0.216 e. The van der Waals surface area contributed by atoms with E-state index in [1.165, 1.54) is 0 Å². The van der Waals surface area contributed by atoms with Crippen molar-refractivity contribution in [1.82, 2.24) is 0 Å². The van der Waals surface area contributed by atoms with Crippen molar-refractivity contribution in [2.45, 2.75) is 24.2 Å². The van der Waals surface area contributed by atoms with Gasteiger partial charge < -0.3 is 9.47 Å². The minimum Gasteiger partial charge on any atom is -0.342 e. The minimum atomic E-state index is -0.951. The summed E-state index contributed by atoms with van der Waals surface area (Å²) in [6.07, 6.45) is 2.01. The summed E-state index contributed by atoms with van der Waals surface area (Å²) in [4.78, 5) is 4.86. The van der Waals surface area contributed by atoms with Crippen LogP contribution in [0.15, 0.2) is 89.9 Å². The summed E-state index contributed by atoms with van der Waals surface area (Å²) in [5, 5.41) is 0. The smallest absolute Gasteiger partial charge is 0.216 e. The molecule has 0 amide bonds. The lowest BCUT2D eigenvalue weighted by atomic mass is 9.65. The molecule has 0 saturated carbocycles. The summed E-state index contributed by atoms with van der Waals surface area (Å²) in [6, 6.07) is 28.9. The lowest BCUT2D eigenvalue weighted by Gasteiger charge is -2.47. The Morgan fingerprint density at radius 3 is 2.00 bits per heavy atom. The standard InChI is InChI=1S/C24H21NO2/c1-18-16-26-24(27-18)21-14-8-9-15-22(21)25-17-23(24,19-10-4-2-5-11-19)20-12-6-3-7-13-20/h2-15,17-18H,16H2,1H3. The third kappa shape index (κ3) is 2.25. The molecule has 5 rings (SSSR count). The number of rotatable bonds is 2. The van der Waals surface area contributed by atoms with Crippen LogP contribution in [-0.4, -0.2) is 18.9 Å². The zero-order chi connectivity index (χ0) is 18.3. The second-order valence-electron chi connectivity index (χ2n) is 7.17. The monoisotopic (exact) mass is 355 g/mol. The van der Waals surface area contributed by atoms with Gasteiger partial charge in [-0.2, -0.15) is 0 Å². The molecule has 1 fully saturated rings. The Hall–Kier alpha value is -2.75. The van der Waals surface area contributed by atoms with E-state index in [0.717, 1.165) is 22.4 Å². The summed E-state index contributed by atoms with van der Waals surface area (Å²) >= 11 is 0. The van der Waals surface area contributed by atoms with E-state index in [4.69, 9.17) is 14.5 Å². The molecule has 134 valence electrons. The molecule has 2 atom stereocenters. The van der Waals surface area contributed by atoms with Crippen molar-refractivity contribution in [3.63, 3.8) is 0 Å². The van der Waals surface area contributed by atoms with Crippen molar-refractivity contribution in [1.29, 1.82) is 0 Å². The van der Waals surface area contributed by atoms with Gasteiger partial charge >= 0.3 is 0 Å². The first-order valence-corrected chi connectivity index (χ1v) is 9.34. The molecule has 0 radical (unpaired) electrons. The molecule has 3 aromatic rings. The second-order valence-corrected chi connectivity index (χ2v) is 7.17. The minimum absolute atomic E-state index is 0.00337. The first kappa shape index (κ1) is 16.4. The molecule has 2 unspecified atom stereocenters. The highest BCUT2D eigenvalue weighted by molar-refractivity contribution is 5.87. The number of fused-ring (bicyclic) bond motifs is 2. The number of ether oxygens (including phenoxy) is 2. The van der Waals surface area contributed by atoms with Gasteiger partial charge in [-0.3, -0.25) is 4.99 Å². The van der Waals surface area contributed by atoms with Crippen molar-refractivity contribution in [2.75, 3.05) is 6.61 Å². The van der Waals surface area contributed by atoms with Crippen molar-refractivity contribution < 1.29 is 9.47 Å². The van der Waals surface area contributed by atoms with Gasteiger partial charge in [-0.05, 0) is 24.1 Å². The van der Waals surface area contributed by atoms with E-state index in [9.17, 15) is 0 Å². The summed E-state index contributed by atoms with van der Waals surface area (Å²) < 4.78 is 13.2. The van der Waals surface area contributed by atoms with Crippen LogP contribution < -0.4 is 0 Å². The third-order valence-corrected chi connectivity index (χ3v) is 5.52. The normalized spacial score (nSPS) is 25.4. The van der Waals surface area contributed by atoms with Crippen LogP contribution in [0.2, 0.25) is 0 Å². The Morgan fingerprint density at radius 2 is 1.41 bits per heavy atom. The molecule has 2 aliphatic heterocycles. The highest BCUT2D eigenvalue weighted by atomic mass is 16.7. The van der Waals surface area contributed by atoms with Crippen LogP contribution in [-0.2, 0) is 20.7 Å². The molecule has 1 saturated heterocycles. The number of hydrogen-bond acceptors (Lipinski definition) is 3. The summed E-state index contributed by atoms with van der Waals surface area (Å²) in [6.45, 7) is 2.60. The van der Waals surface area contributed by atoms with E-state index in [-0.39, 0.29) is 6.10 Å². The fourth-order valence-electron chi connectivity index (χ4n) is 4.36. The molecule has 27 heavy (non-hydrogen) atoms. The third-order valence-electron chi connectivity index (χ3n) is 5.52. The number of aliphatic imine (C=N–C) groups is 1. The zero-order valence-corrected chi connectivity index (χ0v) is 15.2. The van der Waals surface area contributed by atoms with Gasteiger partial charge in [0.15, 0.2) is 0 Å². The molecular weight excluding hydrogens is 334 g/mol. The fourth-order valence-corrected chi connectivity index (χ4v) is 4.36. The average Bonchev–Trinajstić information content (AvgIpc) is 3.13. The Kier molecular flexibility index (Phi) is 3.74. The SMILES string of the molecule is CC1COC2(O1)c1ccccc1N=CC2(c1ccccc1)c1ccccc1. The summed E-state index contributed by atoms with van der Waals surface area (Å²) in [7, 11) is 0. The molecule has 1 spiro atoms. The average molecular weight is 355 g/mol. The Labute approximate surface area is 159 Å². The molecule has 0 aromatic heterocycles. The lowest BCUT2D eigenvalue weighted by molar-refractivity contribution is -0.200. The van der Waals surface area contributed by atoms with E-state index >= 15 is 0 Å². The lowest BCUT2D eigenvalue weighted by Crippen LogP contribution is -2.54. The Bertz CT molecular complexity index is 944. The van der Waals surface area contributed by atoms with Gasteiger partial charge in [0.25, 0.3) is 0 Å². The van der Waals surface area contributed by atoms with E-state index < -0.39 is 11.2 Å². The van der Waals surface area contributed by atoms with Gasteiger partial charge in [0.1, 0.15) is 5.41 Å². The predicted molar refractivity (Wildman–Crippen MR) is 106 cm³/mol. The number of hydrogen-bond donors (Lipinski definition) is 0. The molecule has 0 aliphatic carbocycles. The number of para-hydroxylation sites is 1. The van der Waals surface area contributed by atoms with Gasteiger partial charge in [0.05, 0.1) is 18.4 Å². The van der Waals surface area contributed by atoms with E-state index in [1.54, 1.807) is 0 Å². The van der Waals surface area contributed by atoms with E-state index in [1.807, 2.05) is 36.5 Å². The van der Waals surface area contributed by atoms with Gasteiger partial charge in [0.2, 0.25) is 5.79 Å². The fraction of sp³-hybridized carbons (Fsp3) is 0.208. The first-order chi connectivity index (χ1) is 13.3. The van der Waals surface area contributed by atoms with Crippen LogP contribution >= 0.6 is 0 Å². The van der Waals surface area contributed by atoms with Gasteiger partial charge in [0, 0.05) is 11.8 Å². The highest BCUT2D eigenvalue weighted by Crippen LogP contribution is 2.56. The predicted octanol–water partition coefficient (Wildman–Crippen LogP) is 4.98. The maximum atomic E-state index is 6.63. The summed E-state index contributed by atoms with van der Waals surface area (Å²) in [5.41, 5.74) is 3.40. The zero-order valence-electron chi connectivity index (χ0n) is 15.2. The van der Waals surface area contributed by atoms with Crippen molar-refractivity contribution in [3.05, 3.63) is 102 Å². The van der Waals surface area contributed by atoms with Crippen LogP contribution in [0, 0.1) is 0 Å². The molecule has 2 aliphatic rings. The van der Waals surface area contributed by atoms with Crippen LogP contribution in [0.3, 0.4) is 0 Å². The highest BCUT2D eigenvalue weighted by Gasteiger charge is 2.62. The molecule has 2 heterocycles. The van der Waals surface area contributed by atoms with Gasteiger partial charge in [-0.25, -0.2) is 0 Å². The molecular formula is C24H21NO2. The first-order valence-electron chi connectivity index (χ1n) is 9.34. The largest absolute Gasteiger partial charge is 0.342 e. The number of nitrogens with zero attached hydrogens (tertiary/aromatic N) is 1. The Balaban J connectivity index is 1.88. The molecule has 3 nitrogen and oxygen atoms in total. The topological polar surface area (TPSA) is 30.8 Å². The maximum absolute atomic E-state index is 6.63. The number of benzene rings is 3. The molecule has 0 bridgehead atoms. The quantitative estimate of drug-likeness (QED) is 0.649. The van der Waals surface area contributed by atoms with Gasteiger partial charge in [-0.15, -0.1) is 0 Å². The van der Waals surface area contributed by atoms with Crippen molar-refractivity contribution in [2.24, 2.45) is 4.99 Å². The van der Waals surface area contributed by atoms with Crippen molar-refractivity contribution >= 4 is 11.9 Å². The van der Waals surface area contributed by atoms with E-state index in [0.29, 0.717) is 6.61 Å².